The zero-order valence-corrected chi connectivity index (χ0v) is 9.21. The van der Waals surface area contributed by atoms with Crippen molar-refractivity contribution in [3.05, 3.63) is 0 Å². The molecule has 0 amide bonds. The highest BCUT2D eigenvalue weighted by molar-refractivity contribution is 4.86. The van der Waals surface area contributed by atoms with Gasteiger partial charge in [-0.2, -0.15) is 0 Å². The van der Waals surface area contributed by atoms with Gasteiger partial charge in [-0.1, -0.05) is 0 Å². The molecule has 0 aromatic rings. The Morgan fingerprint density at radius 2 is 1.88 bits per heavy atom. The van der Waals surface area contributed by atoms with Gasteiger partial charge in [-0.25, -0.2) is 0 Å². The molecule has 0 aromatic carbocycles. The molecule has 1 aliphatic rings. The van der Waals surface area contributed by atoms with Crippen molar-refractivity contribution < 1.29 is 29.9 Å². The molecule has 1 saturated carbocycles. The van der Waals surface area contributed by atoms with Crippen molar-refractivity contribution in [3.63, 3.8) is 0 Å². The van der Waals surface area contributed by atoms with E-state index in [9.17, 15) is 10.2 Å². The van der Waals surface area contributed by atoms with Crippen LogP contribution >= 0.6 is 0 Å². The van der Waals surface area contributed by atoms with Crippen molar-refractivity contribution in [2.75, 3.05) is 26.4 Å². The molecule has 16 heavy (non-hydrogen) atoms. The Morgan fingerprint density at radius 1 is 1.19 bits per heavy atom. The third-order valence-electron chi connectivity index (χ3n) is 2.72. The Hall–Kier alpha value is -0.240. The second-order valence-electron chi connectivity index (χ2n) is 3.92. The number of ether oxygens (including phenoxy) is 2. The third kappa shape index (κ3) is 3.65. The summed E-state index contributed by atoms with van der Waals surface area (Å²) in [5.41, 5.74) is 0. The Morgan fingerprint density at radius 3 is 2.44 bits per heavy atom. The van der Waals surface area contributed by atoms with Crippen molar-refractivity contribution in [1.29, 1.82) is 0 Å². The predicted molar refractivity (Wildman–Crippen MR) is 54.7 cm³/mol. The number of hydrogen-bond donors (Lipinski definition) is 4. The second-order valence-corrected chi connectivity index (χ2v) is 3.92. The van der Waals surface area contributed by atoms with Gasteiger partial charge in [-0.05, 0) is 6.42 Å². The van der Waals surface area contributed by atoms with Crippen LogP contribution in [0.25, 0.3) is 0 Å². The molecule has 4 N–H and O–H groups in total. The highest BCUT2D eigenvalue weighted by atomic mass is 16.6. The topological polar surface area (TPSA) is 99.4 Å². The Labute approximate surface area is 94.4 Å². The van der Waals surface area contributed by atoms with E-state index in [1.165, 1.54) is 0 Å². The average Bonchev–Trinajstić information content (AvgIpc) is 2.28. The van der Waals surface area contributed by atoms with Gasteiger partial charge in [-0.3, -0.25) is 0 Å². The number of aliphatic hydroxyl groups excluding tert-OH is 3. The van der Waals surface area contributed by atoms with Gasteiger partial charge in [-0.15, -0.1) is 0 Å². The smallest absolute Gasteiger partial charge is 0.192 e. The van der Waals surface area contributed by atoms with Gasteiger partial charge >= 0.3 is 0 Å². The lowest BCUT2D eigenvalue weighted by atomic mass is 9.89. The third-order valence-corrected chi connectivity index (χ3v) is 2.72. The van der Waals surface area contributed by atoms with Gasteiger partial charge in [0.25, 0.3) is 0 Å². The molecule has 1 fully saturated rings. The van der Waals surface area contributed by atoms with E-state index in [1.54, 1.807) is 0 Å². The summed E-state index contributed by atoms with van der Waals surface area (Å²) in [6, 6.07) is 0. The van der Waals surface area contributed by atoms with E-state index in [1.807, 2.05) is 0 Å². The predicted octanol–water partition coefficient (Wildman–Crippen LogP) is -1.39. The zero-order valence-electron chi connectivity index (χ0n) is 9.21. The van der Waals surface area contributed by atoms with Crippen LogP contribution in [0.3, 0.4) is 0 Å². The van der Waals surface area contributed by atoms with E-state index < -0.39 is 11.9 Å². The van der Waals surface area contributed by atoms with E-state index in [0.717, 1.165) is 0 Å². The molecule has 1 aliphatic carbocycles. The van der Waals surface area contributed by atoms with Gasteiger partial charge < -0.3 is 29.9 Å². The van der Waals surface area contributed by atoms with Crippen LogP contribution in [0.2, 0.25) is 0 Å². The monoisotopic (exact) mass is 236 g/mol. The molecule has 0 aromatic heterocycles. The van der Waals surface area contributed by atoms with Crippen LogP contribution in [-0.4, -0.2) is 64.8 Å². The molecule has 3 unspecified atom stereocenters. The van der Waals surface area contributed by atoms with Crippen LogP contribution in [0.4, 0.5) is 0 Å². The summed E-state index contributed by atoms with van der Waals surface area (Å²) < 4.78 is 10.3. The van der Waals surface area contributed by atoms with Crippen molar-refractivity contribution in [2.45, 2.75) is 37.3 Å². The maximum Gasteiger partial charge on any atom is 0.192 e. The first kappa shape index (κ1) is 13.8. The molecule has 6 nitrogen and oxygen atoms in total. The molecule has 0 bridgehead atoms. The zero-order chi connectivity index (χ0) is 12.0. The van der Waals surface area contributed by atoms with Crippen LogP contribution < -0.4 is 0 Å². The standard InChI is InChI=1S/C10H20O6/c11-3-5-15-8-1-2-10(14,9(13)7-8)16-6-4-12/h8-9,11-14H,1-7H2. The number of hydrogen-bond acceptors (Lipinski definition) is 6. The quantitative estimate of drug-likeness (QED) is 0.424. The molecule has 0 saturated heterocycles. The van der Waals surface area contributed by atoms with E-state index in [4.69, 9.17) is 19.7 Å². The summed E-state index contributed by atoms with van der Waals surface area (Å²) in [7, 11) is 0. The van der Waals surface area contributed by atoms with Gasteiger partial charge in [0.15, 0.2) is 5.79 Å². The summed E-state index contributed by atoms with van der Waals surface area (Å²) in [4.78, 5) is 0. The van der Waals surface area contributed by atoms with E-state index in [0.29, 0.717) is 6.42 Å². The lowest BCUT2D eigenvalue weighted by molar-refractivity contribution is -0.283. The minimum absolute atomic E-state index is 0.00424. The fraction of sp³-hybridized carbons (Fsp3) is 1.00. The molecular weight excluding hydrogens is 216 g/mol. The molecule has 0 spiro atoms. The molecule has 96 valence electrons. The number of aliphatic hydroxyl groups is 4. The maximum absolute atomic E-state index is 9.93. The summed E-state index contributed by atoms with van der Waals surface area (Å²) in [5.74, 6) is -1.58. The van der Waals surface area contributed by atoms with Crippen LogP contribution in [0.5, 0.6) is 0 Å². The molecule has 0 radical (unpaired) electrons. The molecule has 0 heterocycles. The normalized spacial score (nSPS) is 35.2. The highest BCUT2D eigenvalue weighted by Gasteiger charge is 2.42. The van der Waals surface area contributed by atoms with Crippen LogP contribution in [0.15, 0.2) is 0 Å². The average molecular weight is 236 g/mol. The summed E-state index contributed by atoms with van der Waals surface area (Å²) in [6.07, 6.45) is -0.123. The summed E-state index contributed by atoms with van der Waals surface area (Å²) in [6.45, 7) is -0.0274. The summed E-state index contributed by atoms with van der Waals surface area (Å²) in [5, 5.41) is 36.8. The number of rotatable bonds is 6. The van der Waals surface area contributed by atoms with E-state index >= 15 is 0 Å². The van der Waals surface area contributed by atoms with Crippen molar-refractivity contribution in [3.8, 4) is 0 Å². The first-order valence-electron chi connectivity index (χ1n) is 5.50. The maximum atomic E-state index is 9.93. The van der Waals surface area contributed by atoms with Gasteiger partial charge in [0.2, 0.25) is 0 Å². The van der Waals surface area contributed by atoms with Crippen LogP contribution in [0.1, 0.15) is 19.3 Å². The minimum atomic E-state index is -1.58. The first-order valence-corrected chi connectivity index (χ1v) is 5.50. The molecule has 6 heteroatoms. The second kappa shape index (κ2) is 6.48. The van der Waals surface area contributed by atoms with Gasteiger partial charge in [0, 0.05) is 12.8 Å². The fourth-order valence-electron chi connectivity index (χ4n) is 1.85. The SMILES string of the molecule is OCCOC1CCC(O)(OCCO)C(O)C1. The molecule has 0 aliphatic heterocycles. The largest absolute Gasteiger partial charge is 0.394 e. The van der Waals surface area contributed by atoms with Crippen LogP contribution in [-0.2, 0) is 9.47 Å². The van der Waals surface area contributed by atoms with E-state index in [-0.39, 0.29) is 45.4 Å². The van der Waals surface area contributed by atoms with Crippen molar-refractivity contribution in [2.24, 2.45) is 0 Å². The highest BCUT2D eigenvalue weighted by Crippen LogP contribution is 2.31. The fourth-order valence-corrected chi connectivity index (χ4v) is 1.85. The van der Waals surface area contributed by atoms with Crippen molar-refractivity contribution in [1.82, 2.24) is 0 Å². The van der Waals surface area contributed by atoms with Gasteiger partial charge in [0.05, 0.1) is 32.5 Å². The Bertz CT molecular complexity index is 200. The van der Waals surface area contributed by atoms with Crippen LogP contribution in [0, 0.1) is 0 Å². The van der Waals surface area contributed by atoms with Gasteiger partial charge in [0.1, 0.15) is 6.10 Å². The van der Waals surface area contributed by atoms with E-state index in [2.05, 4.69) is 0 Å². The lowest BCUT2D eigenvalue weighted by Gasteiger charge is -2.39. The molecule has 3 atom stereocenters. The lowest BCUT2D eigenvalue weighted by Crippen LogP contribution is -2.51. The Kier molecular flexibility index (Phi) is 5.60. The first-order chi connectivity index (χ1) is 7.62. The minimum Gasteiger partial charge on any atom is -0.394 e. The molecular formula is C10H20O6. The molecule has 1 rings (SSSR count). The Balaban J connectivity index is 2.38. The summed E-state index contributed by atoms with van der Waals surface area (Å²) >= 11 is 0. The van der Waals surface area contributed by atoms with Crippen molar-refractivity contribution >= 4 is 0 Å².